The molecule has 4 N–H and O–H groups in total. The molecule has 0 heterocycles. The smallest absolute Gasteiger partial charge is 0.306 e. The van der Waals surface area contributed by atoms with Gasteiger partial charge in [0.05, 0.1) is 24.2 Å². The molecule has 4 fully saturated rings. The van der Waals surface area contributed by atoms with Crippen molar-refractivity contribution < 1.29 is 25.2 Å². The van der Waals surface area contributed by atoms with Gasteiger partial charge in [-0.25, -0.2) is 0 Å². The summed E-state index contributed by atoms with van der Waals surface area (Å²) in [5, 5.41) is 42.4. The molecule has 4 saturated carbocycles. The van der Waals surface area contributed by atoms with E-state index in [9.17, 15) is 25.2 Å². The normalized spacial score (nSPS) is 50.1. The zero-order chi connectivity index (χ0) is 23.4. The topological polar surface area (TPSA) is 98.0 Å². The van der Waals surface area contributed by atoms with Crippen molar-refractivity contribution in [3.63, 3.8) is 0 Å². The maximum atomic E-state index is 11.6. The molecule has 4 rings (SSSR count). The van der Waals surface area contributed by atoms with E-state index in [0.717, 1.165) is 57.8 Å². The molecule has 0 spiro atoms. The Balaban J connectivity index is 1.51. The third kappa shape index (κ3) is 3.84. The zero-order valence-corrected chi connectivity index (χ0v) is 20.5. The van der Waals surface area contributed by atoms with E-state index in [1.165, 1.54) is 0 Å². The number of aliphatic carboxylic acids is 1. The predicted octanol–water partition coefficient (Wildman–Crippen LogP) is 4.47. The first-order chi connectivity index (χ1) is 15.0. The standard InChI is InChI=1S/C27H46O5/c1-15(6-5-7-16(2)25(31)32)19-8-9-20-24-21(14-23(30)27(19,20)4)26(3)11-10-18(28)12-17(26)13-22(24)29/h15-24,28-30H,5-14H2,1-4H3,(H,31,32)/t15-,16?,17+,18-,19-,20+,21+,22-,23+,24+,26+,27-/m1/s1. The summed E-state index contributed by atoms with van der Waals surface area (Å²) >= 11 is 0. The lowest BCUT2D eigenvalue weighted by atomic mass is 9.43. The van der Waals surface area contributed by atoms with Crippen LogP contribution in [0.3, 0.4) is 0 Å². The number of hydrogen-bond acceptors (Lipinski definition) is 4. The van der Waals surface area contributed by atoms with E-state index in [4.69, 9.17) is 0 Å². The molecule has 0 aliphatic heterocycles. The summed E-state index contributed by atoms with van der Waals surface area (Å²) in [7, 11) is 0. The summed E-state index contributed by atoms with van der Waals surface area (Å²) in [6.07, 6.45) is 8.11. The Morgan fingerprint density at radius 2 is 1.69 bits per heavy atom. The van der Waals surface area contributed by atoms with Crippen molar-refractivity contribution in [3.05, 3.63) is 0 Å². The van der Waals surface area contributed by atoms with Crippen molar-refractivity contribution in [1.82, 2.24) is 0 Å². The average Bonchev–Trinajstić information content (AvgIpc) is 3.08. The summed E-state index contributed by atoms with van der Waals surface area (Å²) in [6, 6.07) is 0. The van der Waals surface area contributed by atoms with Crippen LogP contribution >= 0.6 is 0 Å². The number of carbonyl (C=O) groups is 1. The Morgan fingerprint density at radius 3 is 2.38 bits per heavy atom. The first-order valence-corrected chi connectivity index (χ1v) is 13.3. The SMILES string of the molecule is CC(CCC[C@@H](C)[C@H]1CC[C@H]2[C@@H]3[C@H](O)C[C@@H]4C[C@H](O)CC[C@]4(C)[C@H]3C[C@H](O)[C@]12C)C(=O)O. The van der Waals surface area contributed by atoms with Gasteiger partial charge in [-0.2, -0.15) is 0 Å². The molecule has 184 valence electrons. The summed E-state index contributed by atoms with van der Waals surface area (Å²) in [4.78, 5) is 11.2. The van der Waals surface area contributed by atoms with Crippen molar-refractivity contribution in [2.75, 3.05) is 0 Å². The van der Waals surface area contributed by atoms with E-state index in [0.29, 0.717) is 36.0 Å². The van der Waals surface area contributed by atoms with Crippen LogP contribution in [0, 0.1) is 52.3 Å². The van der Waals surface area contributed by atoms with Crippen molar-refractivity contribution in [1.29, 1.82) is 0 Å². The number of rotatable bonds is 6. The number of fused-ring (bicyclic) bond motifs is 5. The van der Waals surface area contributed by atoms with Crippen molar-refractivity contribution >= 4 is 5.97 Å². The molecule has 0 aromatic carbocycles. The lowest BCUT2D eigenvalue weighted by molar-refractivity contribution is -0.207. The highest BCUT2D eigenvalue weighted by atomic mass is 16.4. The Hall–Kier alpha value is -0.650. The van der Waals surface area contributed by atoms with Crippen LogP contribution in [-0.4, -0.2) is 44.7 Å². The molecular weight excluding hydrogens is 404 g/mol. The Bertz CT molecular complexity index is 696. The monoisotopic (exact) mass is 450 g/mol. The molecule has 4 aliphatic carbocycles. The minimum absolute atomic E-state index is 0.113. The zero-order valence-electron chi connectivity index (χ0n) is 20.5. The lowest BCUT2D eigenvalue weighted by Gasteiger charge is -2.63. The number of carboxylic acids is 1. The van der Waals surface area contributed by atoms with Crippen LogP contribution in [0.2, 0.25) is 0 Å². The highest BCUT2D eigenvalue weighted by Crippen LogP contribution is 2.68. The molecule has 5 heteroatoms. The van der Waals surface area contributed by atoms with Gasteiger partial charge in [0.15, 0.2) is 0 Å². The van der Waals surface area contributed by atoms with Crippen LogP contribution in [0.1, 0.15) is 91.9 Å². The molecule has 0 amide bonds. The van der Waals surface area contributed by atoms with Gasteiger partial charge in [-0.3, -0.25) is 4.79 Å². The van der Waals surface area contributed by atoms with Gasteiger partial charge < -0.3 is 20.4 Å². The van der Waals surface area contributed by atoms with Crippen LogP contribution in [-0.2, 0) is 4.79 Å². The van der Waals surface area contributed by atoms with Crippen LogP contribution < -0.4 is 0 Å². The minimum Gasteiger partial charge on any atom is -0.481 e. The van der Waals surface area contributed by atoms with E-state index < -0.39 is 5.97 Å². The van der Waals surface area contributed by atoms with E-state index in [-0.39, 0.29) is 41.0 Å². The van der Waals surface area contributed by atoms with E-state index in [1.54, 1.807) is 6.92 Å². The molecule has 0 aromatic rings. The molecule has 5 nitrogen and oxygen atoms in total. The van der Waals surface area contributed by atoms with Crippen molar-refractivity contribution in [3.8, 4) is 0 Å². The van der Waals surface area contributed by atoms with Crippen LogP contribution in [0.5, 0.6) is 0 Å². The Labute approximate surface area is 194 Å². The van der Waals surface area contributed by atoms with E-state index in [1.807, 2.05) is 0 Å². The van der Waals surface area contributed by atoms with Crippen LogP contribution in [0.4, 0.5) is 0 Å². The highest BCUT2D eigenvalue weighted by Gasteiger charge is 2.65. The fourth-order valence-electron chi connectivity index (χ4n) is 9.20. The molecule has 32 heavy (non-hydrogen) atoms. The van der Waals surface area contributed by atoms with Gasteiger partial charge in [-0.05, 0) is 97.7 Å². The first kappa shape index (κ1) is 24.5. The molecule has 1 unspecified atom stereocenters. The van der Waals surface area contributed by atoms with Crippen molar-refractivity contribution in [2.24, 2.45) is 52.3 Å². The van der Waals surface area contributed by atoms with Crippen LogP contribution in [0.25, 0.3) is 0 Å². The molecule has 0 radical (unpaired) electrons. The largest absolute Gasteiger partial charge is 0.481 e. The average molecular weight is 451 g/mol. The molecule has 0 aromatic heterocycles. The molecule has 0 bridgehead atoms. The second kappa shape index (κ2) is 8.85. The third-order valence-corrected chi connectivity index (χ3v) is 11.2. The molecule has 0 saturated heterocycles. The minimum atomic E-state index is -0.715. The quantitative estimate of drug-likeness (QED) is 0.478. The number of carboxylic acid groups (broad SMARTS) is 1. The van der Waals surface area contributed by atoms with Crippen LogP contribution in [0.15, 0.2) is 0 Å². The Morgan fingerprint density at radius 1 is 0.969 bits per heavy atom. The van der Waals surface area contributed by atoms with Gasteiger partial charge in [0.1, 0.15) is 0 Å². The number of aliphatic hydroxyl groups excluding tert-OH is 3. The third-order valence-electron chi connectivity index (χ3n) is 11.2. The first-order valence-electron chi connectivity index (χ1n) is 13.3. The van der Waals surface area contributed by atoms with Gasteiger partial charge >= 0.3 is 5.97 Å². The molecule has 4 aliphatic rings. The fourth-order valence-corrected chi connectivity index (χ4v) is 9.20. The highest BCUT2D eigenvalue weighted by molar-refractivity contribution is 5.69. The van der Waals surface area contributed by atoms with Gasteiger partial charge in [0, 0.05) is 0 Å². The molecular formula is C27H46O5. The van der Waals surface area contributed by atoms with Gasteiger partial charge in [-0.15, -0.1) is 0 Å². The second-order valence-corrected chi connectivity index (χ2v) is 12.7. The summed E-state index contributed by atoms with van der Waals surface area (Å²) in [5.74, 6) is 1.16. The maximum absolute atomic E-state index is 11.6. The molecule has 12 atom stereocenters. The Kier molecular flexibility index (Phi) is 6.77. The summed E-state index contributed by atoms with van der Waals surface area (Å²) < 4.78 is 0. The van der Waals surface area contributed by atoms with E-state index in [2.05, 4.69) is 20.8 Å². The number of aliphatic hydroxyl groups is 3. The lowest BCUT2D eigenvalue weighted by Crippen LogP contribution is -2.62. The maximum Gasteiger partial charge on any atom is 0.306 e. The second-order valence-electron chi connectivity index (χ2n) is 12.7. The van der Waals surface area contributed by atoms with Gasteiger partial charge in [0.2, 0.25) is 0 Å². The predicted molar refractivity (Wildman–Crippen MR) is 124 cm³/mol. The summed E-state index contributed by atoms with van der Waals surface area (Å²) in [5.41, 5.74) is -0.0561. The van der Waals surface area contributed by atoms with Gasteiger partial charge in [0.25, 0.3) is 0 Å². The fraction of sp³-hybridized carbons (Fsp3) is 0.963. The van der Waals surface area contributed by atoms with Gasteiger partial charge in [-0.1, -0.05) is 40.5 Å². The van der Waals surface area contributed by atoms with Crippen molar-refractivity contribution in [2.45, 2.75) is 110 Å². The van der Waals surface area contributed by atoms with E-state index >= 15 is 0 Å². The summed E-state index contributed by atoms with van der Waals surface area (Å²) in [6.45, 7) is 8.74. The number of hydrogen-bond donors (Lipinski definition) is 4.